The maximum atomic E-state index is 11.1. The molecule has 0 fully saturated rings. The fraction of sp³-hybridized carbons (Fsp3) is 0.333. The summed E-state index contributed by atoms with van der Waals surface area (Å²) in [4.78, 5) is 12.9. The maximum Gasteiger partial charge on any atom is 0.319 e. The van der Waals surface area contributed by atoms with E-state index in [9.17, 15) is 4.79 Å². The first-order valence-corrected chi connectivity index (χ1v) is 5.44. The SMILES string of the molecule is COC(=O)CN(C)Cc1cc(-c2ccco2)on1. The number of ether oxygens (including phenoxy) is 1. The van der Waals surface area contributed by atoms with Crippen LogP contribution < -0.4 is 0 Å². The molecule has 0 N–H and O–H groups in total. The molecule has 0 saturated heterocycles. The van der Waals surface area contributed by atoms with Gasteiger partial charge in [-0.2, -0.15) is 0 Å². The molecular formula is C12H14N2O4. The molecule has 2 heterocycles. The van der Waals surface area contributed by atoms with E-state index in [0.29, 0.717) is 18.1 Å². The lowest BCUT2D eigenvalue weighted by molar-refractivity contribution is -0.141. The van der Waals surface area contributed by atoms with Crippen LogP contribution in [-0.4, -0.2) is 36.7 Å². The molecule has 18 heavy (non-hydrogen) atoms. The Morgan fingerprint density at radius 2 is 2.33 bits per heavy atom. The van der Waals surface area contributed by atoms with E-state index in [4.69, 9.17) is 8.94 Å². The predicted molar refractivity (Wildman–Crippen MR) is 62.6 cm³/mol. The van der Waals surface area contributed by atoms with Crippen LogP contribution in [0.25, 0.3) is 11.5 Å². The normalized spacial score (nSPS) is 10.8. The molecule has 0 aliphatic rings. The van der Waals surface area contributed by atoms with Gasteiger partial charge in [0.1, 0.15) is 0 Å². The van der Waals surface area contributed by atoms with Crippen LogP contribution in [0, 0.1) is 0 Å². The van der Waals surface area contributed by atoms with E-state index in [1.165, 1.54) is 7.11 Å². The third-order valence-electron chi connectivity index (χ3n) is 2.38. The van der Waals surface area contributed by atoms with Gasteiger partial charge in [-0.25, -0.2) is 0 Å². The van der Waals surface area contributed by atoms with Gasteiger partial charge in [0.25, 0.3) is 0 Å². The Balaban J connectivity index is 1.96. The summed E-state index contributed by atoms with van der Waals surface area (Å²) in [6.07, 6.45) is 1.57. The third kappa shape index (κ3) is 2.98. The van der Waals surface area contributed by atoms with Crippen molar-refractivity contribution in [2.45, 2.75) is 6.54 Å². The molecule has 2 aromatic rings. The van der Waals surface area contributed by atoms with E-state index in [2.05, 4.69) is 9.89 Å². The summed E-state index contributed by atoms with van der Waals surface area (Å²) in [5.74, 6) is 0.915. The van der Waals surface area contributed by atoms with Crippen LogP contribution >= 0.6 is 0 Å². The van der Waals surface area contributed by atoms with Crippen LogP contribution in [0.5, 0.6) is 0 Å². The minimum atomic E-state index is -0.285. The Hall–Kier alpha value is -2.08. The lowest BCUT2D eigenvalue weighted by Crippen LogP contribution is -2.26. The number of nitrogens with zero attached hydrogens (tertiary/aromatic N) is 2. The zero-order valence-corrected chi connectivity index (χ0v) is 10.3. The van der Waals surface area contributed by atoms with Gasteiger partial charge in [-0.1, -0.05) is 5.16 Å². The van der Waals surface area contributed by atoms with Crippen molar-refractivity contribution >= 4 is 5.97 Å². The van der Waals surface area contributed by atoms with Gasteiger partial charge in [-0.05, 0) is 19.2 Å². The average molecular weight is 250 g/mol. The van der Waals surface area contributed by atoms with Gasteiger partial charge in [0.15, 0.2) is 5.76 Å². The summed E-state index contributed by atoms with van der Waals surface area (Å²) in [5, 5.41) is 3.92. The van der Waals surface area contributed by atoms with E-state index in [-0.39, 0.29) is 12.5 Å². The molecule has 6 nitrogen and oxygen atoms in total. The molecular weight excluding hydrogens is 236 g/mol. The number of methoxy groups -OCH3 is 1. The number of likely N-dealkylation sites (N-methyl/N-ethyl adjacent to an activating group) is 1. The van der Waals surface area contributed by atoms with Crippen molar-refractivity contribution in [2.24, 2.45) is 0 Å². The number of esters is 1. The van der Waals surface area contributed by atoms with Gasteiger partial charge in [-0.3, -0.25) is 9.69 Å². The summed E-state index contributed by atoms with van der Waals surface area (Å²) in [6, 6.07) is 5.36. The van der Waals surface area contributed by atoms with Gasteiger partial charge in [-0.15, -0.1) is 0 Å². The fourth-order valence-corrected chi connectivity index (χ4v) is 1.54. The molecule has 0 amide bonds. The molecule has 0 bridgehead atoms. The smallest absolute Gasteiger partial charge is 0.319 e. The summed E-state index contributed by atoms with van der Waals surface area (Å²) in [7, 11) is 3.17. The van der Waals surface area contributed by atoms with Crippen molar-refractivity contribution in [3.63, 3.8) is 0 Å². The van der Waals surface area contributed by atoms with Crippen LogP contribution in [0.1, 0.15) is 5.69 Å². The number of carbonyl (C=O) groups excluding carboxylic acids is 1. The van der Waals surface area contributed by atoms with Crippen LogP contribution in [0.15, 0.2) is 33.4 Å². The first-order chi connectivity index (χ1) is 8.69. The number of furan rings is 1. The second kappa shape index (κ2) is 5.50. The summed E-state index contributed by atoms with van der Waals surface area (Å²) >= 11 is 0. The van der Waals surface area contributed by atoms with E-state index in [1.54, 1.807) is 36.4 Å². The molecule has 96 valence electrons. The second-order valence-electron chi connectivity index (χ2n) is 3.91. The van der Waals surface area contributed by atoms with Crippen molar-refractivity contribution in [1.82, 2.24) is 10.1 Å². The molecule has 0 atom stereocenters. The fourth-order valence-electron chi connectivity index (χ4n) is 1.54. The standard InChI is InChI=1S/C12H14N2O4/c1-14(8-12(15)16-2)7-9-6-11(18-13-9)10-4-3-5-17-10/h3-6H,7-8H2,1-2H3. The number of rotatable bonds is 5. The van der Waals surface area contributed by atoms with Gasteiger partial charge >= 0.3 is 5.97 Å². The monoisotopic (exact) mass is 250 g/mol. The average Bonchev–Trinajstić information content (AvgIpc) is 2.98. The highest BCUT2D eigenvalue weighted by Crippen LogP contribution is 2.20. The molecule has 2 aromatic heterocycles. The van der Waals surface area contributed by atoms with Gasteiger partial charge in [0.2, 0.25) is 5.76 Å². The van der Waals surface area contributed by atoms with Crippen LogP contribution in [-0.2, 0) is 16.1 Å². The number of hydrogen-bond acceptors (Lipinski definition) is 6. The van der Waals surface area contributed by atoms with Gasteiger partial charge in [0.05, 0.1) is 25.6 Å². The van der Waals surface area contributed by atoms with E-state index in [0.717, 1.165) is 5.69 Å². The Morgan fingerprint density at radius 3 is 3.00 bits per heavy atom. The third-order valence-corrected chi connectivity index (χ3v) is 2.38. The van der Waals surface area contributed by atoms with Crippen LogP contribution in [0.3, 0.4) is 0 Å². The molecule has 0 aliphatic carbocycles. The Bertz CT molecular complexity index is 504. The summed E-state index contributed by atoms with van der Waals surface area (Å²) in [5.41, 5.74) is 0.729. The highest BCUT2D eigenvalue weighted by molar-refractivity contribution is 5.71. The van der Waals surface area contributed by atoms with Gasteiger partial charge < -0.3 is 13.7 Å². The summed E-state index contributed by atoms with van der Waals surface area (Å²) < 4.78 is 14.9. The molecule has 0 saturated carbocycles. The number of hydrogen-bond donors (Lipinski definition) is 0. The van der Waals surface area contributed by atoms with E-state index in [1.807, 2.05) is 0 Å². The predicted octanol–water partition coefficient (Wildman–Crippen LogP) is 1.54. The van der Waals surface area contributed by atoms with Crippen molar-refractivity contribution in [2.75, 3.05) is 20.7 Å². The molecule has 0 radical (unpaired) electrons. The van der Waals surface area contributed by atoms with Crippen LogP contribution in [0.2, 0.25) is 0 Å². The largest absolute Gasteiger partial charge is 0.468 e. The second-order valence-corrected chi connectivity index (χ2v) is 3.91. The molecule has 0 unspecified atom stereocenters. The molecule has 0 aromatic carbocycles. The van der Waals surface area contributed by atoms with E-state index >= 15 is 0 Å². The highest BCUT2D eigenvalue weighted by Gasteiger charge is 2.12. The zero-order chi connectivity index (χ0) is 13.0. The summed E-state index contributed by atoms with van der Waals surface area (Å²) in [6.45, 7) is 0.707. The minimum Gasteiger partial charge on any atom is -0.468 e. The van der Waals surface area contributed by atoms with Crippen molar-refractivity contribution in [3.05, 3.63) is 30.2 Å². The lowest BCUT2D eigenvalue weighted by atomic mass is 10.3. The molecule has 2 rings (SSSR count). The first kappa shape index (κ1) is 12.4. The maximum absolute atomic E-state index is 11.1. The minimum absolute atomic E-state index is 0.208. The van der Waals surface area contributed by atoms with E-state index < -0.39 is 0 Å². The Morgan fingerprint density at radius 1 is 1.50 bits per heavy atom. The quantitative estimate of drug-likeness (QED) is 0.750. The number of aromatic nitrogens is 1. The molecule has 6 heteroatoms. The van der Waals surface area contributed by atoms with Crippen molar-refractivity contribution < 1.29 is 18.5 Å². The lowest BCUT2D eigenvalue weighted by Gasteiger charge is -2.12. The molecule has 0 spiro atoms. The van der Waals surface area contributed by atoms with Crippen molar-refractivity contribution in [1.29, 1.82) is 0 Å². The zero-order valence-electron chi connectivity index (χ0n) is 10.3. The van der Waals surface area contributed by atoms with Crippen molar-refractivity contribution in [3.8, 4) is 11.5 Å². The van der Waals surface area contributed by atoms with Crippen LogP contribution in [0.4, 0.5) is 0 Å². The van der Waals surface area contributed by atoms with Gasteiger partial charge in [0, 0.05) is 12.6 Å². The first-order valence-electron chi connectivity index (χ1n) is 5.44. The highest BCUT2D eigenvalue weighted by atomic mass is 16.5. The Labute approximate surface area is 104 Å². The topological polar surface area (TPSA) is 68.7 Å². The molecule has 0 aliphatic heterocycles. The number of carbonyl (C=O) groups is 1. The Kier molecular flexibility index (Phi) is 3.78.